The van der Waals surface area contributed by atoms with Gasteiger partial charge in [0.2, 0.25) is 0 Å². The van der Waals surface area contributed by atoms with E-state index in [2.05, 4.69) is 6.58 Å². The highest BCUT2D eigenvalue weighted by molar-refractivity contribution is 6.20. The molecule has 0 aromatic heterocycles. The van der Waals surface area contributed by atoms with E-state index in [-0.39, 0.29) is 12.0 Å². The summed E-state index contributed by atoms with van der Waals surface area (Å²) in [5.41, 5.74) is 1.04. The largest absolute Gasteiger partial charge is 0.395 e. The molecule has 0 bridgehead atoms. The molecule has 12 heavy (non-hydrogen) atoms. The van der Waals surface area contributed by atoms with Crippen molar-refractivity contribution < 1.29 is 5.11 Å². The second-order valence-electron chi connectivity index (χ2n) is 3.16. The molecule has 1 N–H and O–H groups in total. The topological polar surface area (TPSA) is 20.2 Å². The molecule has 0 saturated carbocycles. The molecule has 1 nitrogen and oxygen atoms in total. The fourth-order valence-corrected chi connectivity index (χ4v) is 0.914. The van der Waals surface area contributed by atoms with Crippen molar-refractivity contribution in [2.75, 3.05) is 6.61 Å². The number of alkyl halides is 1. The Morgan fingerprint density at radius 2 is 2.25 bits per heavy atom. The van der Waals surface area contributed by atoms with Crippen molar-refractivity contribution in [2.24, 2.45) is 5.92 Å². The maximum absolute atomic E-state index is 8.74. The summed E-state index contributed by atoms with van der Waals surface area (Å²) in [5, 5.41) is 8.60. The van der Waals surface area contributed by atoms with Gasteiger partial charge in [-0.25, -0.2) is 0 Å². The van der Waals surface area contributed by atoms with Crippen molar-refractivity contribution in [2.45, 2.75) is 25.6 Å². The van der Waals surface area contributed by atoms with E-state index in [1.165, 1.54) is 0 Å². The quantitative estimate of drug-likeness (QED) is 0.520. The molecule has 0 amide bonds. The van der Waals surface area contributed by atoms with E-state index in [1.54, 1.807) is 0 Å². The minimum absolute atomic E-state index is 0.0453. The van der Waals surface area contributed by atoms with Crippen LogP contribution in [0.2, 0.25) is 0 Å². The fourth-order valence-electron chi connectivity index (χ4n) is 0.811. The Morgan fingerprint density at radius 3 is 2.67 bits per heavy atom. The first-order valence-electron chi connectivity index (χ1n) is 4.15. The van der Waals surface area contributed by atoms with Crippen LogP contribution in [0, 0.1) is 5.92 Å². The molecule has 0 aromatic rings. The van der Waals surface area contributed by atoms with E-state index >= 15 is 0 Å². The smallest absolute Gasteiger partial charge is 0.0597 e. The molecule has 2 atom stereocenters. The molecule has 2 heteroatoms. The van der Waals surface area contributed by atoms with E-state index < -0.39 is 0 Å². The Labute approximate surface area is 79.7 Å². The number of allylic oxidation sites excluding steroid dienone is 3. The summed E-state index contributed by atoms with van der Waals surface area (Å²) in [4.78, 5) is 0. The van der Waals surface area contributed by atoms with Crippen LogP contribution in [0.15, 0.2) is 24.3 Å². The lowest BCUT2D eigenvalue weighted by Gasteiger charge is -2.12. The summed E-state index contributed by atoms with van der Waals surface area (Å²) in [7, 11) is 0. The van der Waals surface area contributed by atoms with E-state index in [1.807, 2.05) is 26.0 Å². The van der Waals surface area contributed by atoms with Gasteiger partial charge >= 0.3 is 0 Å². The molecule has 0 spiro atoms. The van der Waals surface area contributed by atoms with Gasteiger partial charge in [-0.15, -0.1) is 11.6 Å². The third-order valence-corrected chi connectivity index (χ3v) is 2.27. The summed E-state index contributed by atoms with van der Waals surface area (Å²) in [6.45, 7) is 7.77. The van der Waals surface area contributed by atoms with Crippen LogP contribution in [0.5, 0.6) is 0 Å². The van der Waals surface area contributed by atoms with Gasteiger partial charge in [0.15, 0.2) is 0 Å². The molecular weight excluding hydrogens is 172 g/mol. The van der Waals surface area contributed by atoms with Crippen molar-refractivity contribution in [3.05, 3.63) is 24.3 Å². The minimum atomic E-state index is -0.139. The highest BCUT2D eigenvalue weighted by Crippen LogP contribution is 2.14. The second kappa shape index (κ2) is 6.27. The van der Waals surface area contributed by atoms with Crippen LogP contribution in [-0.2, 0) is 0 Å². The molecular formula is C10H17ClO. The zero-order valence-electron chi connectivity index (χ0n) is 7.76. The van der Waals surface area contributed by atoms with Crippen LogP contribution in [0.1, 0.15) is 20.3 Å². The standard InChI is InChI=1S/C10H17ClO/c1-8(2)5-4-6-9(3)10(11)7-12/h4-5,9-10,12H,1,6-7H2,2-3H3/b5-4+/t9-,10+/m0/s1. The molecule has 0 unspecified atom stereocenters. The average Bonchev–Trinajstić information content (AvgIpc) is 2.02. The average molecular weight is 189 g/mol. The molecule has 0 heterocycles. The maximum Gasteiger partial charge on any atom is 0.0597 e. The first-order valence-corrected chi connectivity index (χ1v) is 4.58. The molecule has 0 aromatic carbocycles. The highest BCUT2D eigenvalue weighted by Gasteiger charge is 2.10. The van der Waals surface area contributed by atoms with Gasteiger partial charge in [-0.3, -0.25) is 0 Å². The van der Waals surface area contributed by atoms with Crippen molar-refractivity contribution in [1.82, 2.24) is 0 Å². The molecule has 0 saturated heterocycles. The van der Waals surface area contributed by atoms with Crippen LogP contribution < -0.4 is 0 Å². The first-order chi connectivity index (χ1) is 5.57. The second-order valence-corrected chi connectivity index (χ2v) is 3.72. The third-order valence-electron chi connectivity index (χ3n) is 1.70. The van der Waals surface area contributed by atoms with Crippen LogP contribution >= 0.6 is 11.6 Å². The minimum Gasteiger partial charge on any atom is -0.395 e. The van der Waals surface area contributed by atoms with Crippen LogP contribution in [0.4, 0.5) is 0 Å². The molecule has 70 valence electrons. The maximum atomic E-state index is 8.74. The predicted octanol–water partition coefficient (Wildman–Crippen LogP) is 2.74. The zero-order valence-corrected chi connectivity index (χ0v) is 8.51. The number of rotatable bonds is 5. The van der Waals surface area contributed by atoms with Gasteiger partial charge in [-0.2, -0.15) is 0 Å². The van der Waals surface area contributed by atoms with E-state index in [9.17, 15) is 0 Å². The summed E-state index contributed by atoms with van der Waals surface area (Å²) in [5.74, 6) is 0.312. The Bertz CT molecular complexity index is 163. The Morgan fingerprint density at radius 1 is 1.67 bits per heavy atom. The van der Waals surface area contributed by atoms with Gasteiger partial charge in [0, 0.05) is 0 Å². The molecule has 0 aliphatic heterocycles. The van der Waals surface area contributed by atoms with Gasteiger partial charge in [0.1, 0.15) is 0 Å². The van der Waals surface area contributed by atoms with E-state index in [4.69, 9.17) is 16.7 Å². The lowest BCUT2D eigenvalue weighted by molar-refractivity contribution is 0.268. The predicted molar refractivity (Wildman–Crippen MR) is 54.5 cm³/mol. The van der Waals surface area contributed by atoms with Gasteiger partial charge < -0.3 is 5.11 Å². The van der Waals surface area contributed by atoms with Gasteiger partial charge in [0.25, 0.3) is 0 Å². The number of aliphatic hydroxyl groups is 1. The Kier molecular flexibility index (Phi) is 6.13. The van der Waals surface area contributed by atoms with Crippen molar-refractivity contribution in [3.63, 3.8) is 0 Å². The van der Waals surface area contributed by atoms with Crippen LogP contribution in [0.25, 0.3) is 0 Å². The van der Waals surface area contributed by atoms with Crippen LogP contribution in [-0.4, -0.2) is 17.1 Å². The molecule has 0 radical (unpaired) electrons. The van der Waals surface area contributed by atoms with Gasteiger partial charge in [-0.05, 0) is 19.3 Å². The molecule has 0 fully saturated rings. The lowest BCUT2D eigenvalue weighted by Crippen LogP contribution is -2.14. The van der Waals surface area contributed by atoms with Gasteiger partial charge in [-0.1, -0.05) is 31.2 Å². The van der Waals surface area contributed by atoms with Crippen molar-refractivity contribution in [3.8, 4) is 0 Å². The summed E-state index contributed by atoms with van der Waals surface area (Å²) in [6.07, 6.45) is 4.90. The monoisotopic (exact) mass is 188 g/mol. The lowest BCUT2D eigenvalue weighted by atomic mass is 10.0. The fraction of sp³-hybridized carbons (Fsp3) is 0.600. The number of hydrogen-bond acceptors (Lipinski definition) is 1. The summed E-state index contributed by atoms with van der Waals surface area (Å²) >= 11 is 5.82. The highest BCUT2D eigenvalue weighted by atomic mass is 35.5. The van der Waals surface area contributed by atoms with Crippen LogP contribution in [0.3, 0.4) is 0 Å². The van der Waals surface area contributed by atoms with E-state index in [0.717, 1.165) is 12.0 Å². The Balaban J connectivity index is 3.70. The van der Waals surface area contributed by atoms with Crippen molar-refractivity contribution >= 4 is 11.6 Å². The number of aliphatic hydroxyl groups excluding tert-OH is 1. The molecule has 0 rings (SSSR count). The van der Waals surface area contributed by atoms with Crippen molar-refractivity contribution in [1.29, 1.82) is 0 Å². The normalized spacial score (nSPS) is 16.3. The number of halogens is 1. The summed E-state index contributed by atoms with van der Waals surface area (Å²) in [6, 6.07) is 0. The molecule has 0 aliphatic rings. The van der Waals surface area contributed by atoms with E-state index in [0.29, 0.717) is 5.92 Å². The first kappa shape index (κ1) is 11.7. The zero-order chi connectivity index (χ0) is 9.56. The Hall–Kier alpha value is -0.270. The SMILES string of the molecule is C=C(C)/C=C/C[C@H](C)[C@H](Cl)CO. The summed E-state index contributed by atoms with van der Waals surface area (Å²) < 4.78 is 0. The number of hydrogen-bond donors (Lipinski definition) is 1. The third kappa shape index (κ3) is 5.39. The molecule has 0 aliphatic carbocycles. The van der Waals surface area contributed by atoms with Gasteiger partial charge in [0.05, 0.1) is 12.0 Å².